The molecule has 0 heterocycles. The van der Waals surface area contributed by atoms with Gasteiger partial charge in [0.05, 0.1) is 12.7 Å². The van der Waals surface area contributed by atoms with Gasteiger partial charge in [-0.25, -0.2) is 9.59 Å². The van der Waals surface area contributed by atoms with Gasteiger partial charge in [0.15, 0.2) is 6.61 Å². The highest BCUT2D eigenvalue weighted by molar-refractivity contribution is 6.02. The van der Waals surface area contributed by atoms with Crippen LogP contribution in [0.15, 0.2) is 48.5 Å². The number of amides is 4. The summed E-state index contributed by atoms with van der Waals surface area (Å²) in [5.41, 5.74) is 5.92. The first-order valence-electron chi connectivity index (χ1n) is 7.71. The number of primary amides is 1. The highest BCUT2D eigenvalue weighted by atomic mass is 16.5. The number of carbonyl (C=O) groups is 4. The van der Waals surface area contributed by atoms with Gasteiger partial charge < -0.3 is 20.5 Å². The van der Waals surface area contributed by atoms with Crippen molar-refractivity contribution in [3.8, 4) is 5.75 Å². The van der Waals surface area contributed by atoms with Gasteiger partial charge in [-0.2, -0.15) is 0 Å². The molecule has 0 unspecified atom stereocenters. The van der Waals surface area contributed by atoms with E-state index >= 15 is 0 Å². The number of carbonyl (C=O) groups excluding carboxylic acids is 4. The fourth-order valence-electron chi connectivity index (χ4n) is 1.98. The molecule has 0 spiro atoms. The van der Waals surface area contributed by atoms with Crippen LogP contribution in [0.25, 0.3) is 0 Å². The second kappa shape index (κ2) is 8.99. The fraction of sp³-hybridized carbons (Fsp3) is 0.111. The van der Waals surface area contributed by atoms with E-state index in [0.717, 1.165) is 0 Å². The summed E-state index contributed by atoms with van der Waals surface area (Å²) < 4.78 is 9.80. The Kier molecular flexibility index (Phi) is 6.48. The molecule has 4 N–H and O–H groups in total. The van der Waals surface area contributed by atoms with E-state index < -0.39 is 30.4 Å². The number of methoxy groups -OCH3 is 1. The number of anilines is 1. The van der Waals surface area contributed by atoms with E-state index in [1.54, 1.807) is 24.3 Å². The molecule has 0 aliphatic heterocycles. The van der Waals surface area contributed by atoms with E-state index in [1.165, 1.54) is 31.4 Å². The third-order valence-corrected chi connectivity index (χ3v) is 3.34. The number of nitrogens with two attached hydrogens (primary N) is 1. The molecular formula is C18H17N3O6. The molecule has 0 radical (unpaired) electrons. The quantitative estimate of drug-likeness (QED) is 0.655. The molecule has 2 aromatic carbocycles. The smallest absolute Gasteiger partial charge is 0.338 e. The Hall–Kier alpha value is -3.88. The van der Waals surface area contributed by atoms with Gasteiger partial charge in [0.2, 0.25) is 5.91 Å². The van der Waals surface area contributed by atoms with Gasteiger partial charge in [-0.05, 0) is 48.5 Å². The van der Waals surface area contributed by atoms with Gasteiger partial charge in [0.25, 0.3) is 5.91 Å². The van der Waals surface area contributed by atoms with Crippen LogP contribution in [0.3, 0.4) is 0 Å². The Morgan fingerprint density at radius 3 is 2.07 bits per heavy atom. The van der Waals surface area contributed by atoms with Crippen LogP contribution in [0.1, 0.15) is 20.7 Å². The maximum absolute atomic E-state index is 11.8. The largest absolute Gasteiger partial charge is 0.497 e. The van der Waals surface area contributed by atoms with Crippen molar-refractivity contribution < 1.29 is 28.7 Å². The molecule has 0 saturated heterocycles. The van der Waals surface area contributed by atoms with E-state index in [2.05, 4.69) is 5.32 Å². The molecular weight excluding hydrogens is 354 g/mol. The van der Waals surface area contributed by atoms with Crippen LogP contribution in [0.2, 0.25) is 0 Å². The Morgan fingerprint density at radius 1 is 0.926 bits per heavy atom. The maximum Gasteiger partial charge on any atom is 0.338 e. The van der Waals surface area contributed by atoms with Crippen LogP contribution in [0, 0.1) is 0 Å². The first kappa shape index (κ1) is 19.4. The minimum atomic E-state index is -0.803. The third-order valence-electron chi connectivity index (χ3n) is 3.34. The topological polar surface area (TPSA) is 137 Å². The summed E-state index contributed by atoms with van der Waals surface area (Å²) in [4.78, 5) is 46.2. The number of hydrogen-bond acceptors (Lipinski definition) is 6. The fourth-order valence-corrected chi connectivity index (χ4v) is 1.98. The minimum Gasteiger partial charge on any atom is -0.497 e. The molecule has 27 heavy (non-hydrogen) atoms. The van der Waals surface area contributed by atoms with E-state index in [0.29, 0.717) is 11.4 Å². The zero-order valence-electron chi connectivity index (χ0n) is 14.4. The number of hydrogen-bond donors (Lipinski definition) is 3. The molecule has 0 aliphatic carbocycles. The molecule has 2 aromatic rings. The summed E-state index contributed by atoms with van der Waals surface area (Å²) in [6.07, 6.45) is 0. The molecule has 0 aromatic heterocycles. The standard InChI is InChI=1S/C18H17N3O6/c1-26-14-8-6-13(7-9-14)20-18(25)21-15(22)10-27-17(24)12-4-2-11(3-5-12)16(19)23/h2-9H,10H2,1H3,(H2,19,23)(H2,20,21,22,25). The number of imide groups is 1. The number of esters is 1. The molecule has 9 heteroatoms. The maximum atomic E-state index is 11.8. The summed E-state index contributed by atoms with van der Waals surface area (Å²) in [6.45, 7) is -0.646. The molecule has 0 bridgehead atoms. The van der Waals surface area contributed by atoms with E-state index in [4.69, 9.17) is 15.2 Å². The average Bonchev–Trinajstić information content (AvgIpc) is 2.66. The first-order chi connectivity index (χ1) is 12.9. The highest BCUT2D eigenvalue weighted by Gasteiger charge is 2.13. The lowest BCUT2D eigenvalue weighted by Crippen LogP contribution is -2.37. The van der Waals surface area contributed by atoms with Crippen LogP contribution in [-0.4, -0.2) is 37.5 Å². The number of rotatable bonds is 6. The lowest BCUT2D eigenvalue weighted by atomic mass is 10.1. The summed E-state index contributed by atoms with van der Waals surface area (Å²) in [6, 6.07) is 11.1. The van der Waals surface area contributed by atoms with Crippen LogP contribution in [0.5, 0.6) is 5.75 Å². The zero-order valence-corrected chi connectivity index (χ0v) is 14.4. The van der Waals surface area contributed by atoms with E-state index in [1.807, 2.05) is 5.32 Å². The molecule has 4 amide bonds. The van der Waals surface area contributed by atoms with Crippen molar-refractivity contribution in [2.24, 2.45) is 5.73 Å². The normalized spacial score (nSPS) is 9.81. The van der Waals surface area contributed by atoms with Gasteiger partial charge in [0, 0.05) is 11.3 Å². The molecule has 0 aliphatic rings. The monoisotopic (exact) mass is 371 g/mol. The Morgan fingerprint density at radius 2 is 1.52 bits per heavy atom. The summed E-state index contributed by atoms with van der Waals surface area (Å²) in [7, 11) is 1.52. The van der Waals surface area contributed by atoms with Crippen LogP contribution >= 0.6 is 0 Å². The number of urea groups is 1. The number of benzene rings is 2. The Balaban J connectivity index is 1.79. The number of ether oxygens (including phenoxy) is 2. The number of nitrogens with one attached hydrogen (secondary N) is 2. The van der Waals surface area contributed by atoms with E-state index in [-0.39, 0.29) is 11.1 Å². The van der Waals surface area contributed by atoms with Crippen LogP contribution in [0.4, 0.5) is 10.5 Å². The van der Waals surface area contributed by atoms with Gasteiger partial charge in [0.1, 0.15) is 5.75 Å². The van der Waals surface area contributed by atoms with Crippen molar-refractivity contribution in [1.82, 2.24) is 5.32 Å². The predicted octanol–water partition coefficient (Wildman–Crippen LogP) is 1.30. The summed E-state index contributed by atoms with van der Waals surface area (Å²) in [5.74, 6) is -1.59. The minimum absolute atomic E-state index is 0.135. The SMILES string of the molecule is COc1ccc(NC(=O)NC(=O)COC(=O)c2ccc(C(N)=O)cc2)cc1. The average molecular weight is 371 g/mol. The first-order valence-corrected chi connectivity index (χ1v) is 7.71. The predicted molar refractivity (Wildman–Crippen MR) is 95.4 cm³/mol. The van der Waals surface area contributed by atoms with Crippen molar-refractivity contribution in [2.75, 3.05) is 19.0 Å². The lowest BCUT2D eigenvalue weighted by Gasteiger charge is -2.08. The molecule has 0 saturated carbocycles. The van der Waals surface area contributed by atoms with Gasteiger partial charge in [-0.3, -0.25) is 14.9 Å². The molecule has 9 nitrogen and oxygen atoms in total. The van der Waals surface area contributed by atoms with Gasteiger partial charge in [-0.1, -0.05) is 0 Å². The second-order valence-electron chi connectivity index (χ2n) is 5.25. The second-order valence-corrected chi connectivity index (χ2v) is 5.25. The van der Waals surface area contributed by atoms with Crippen molar-refractivity contribution in [3.05, 3.63) is 59.7 Å². The molecule has 0 atom stereocenters. The van der Waals surface area contributed by atoms with Gasteiger partial charge in [-0.15, -0.1) is 0 Å². The van der Waals surface area contributed by atoms with Crippen molar-refractivity contribution >= 4 is 29.5 Å². The van der Waals surface area contributed by atoms with Crippen molar-refractivity contribution in [2.45, 2.75) is 0 Å². The van der Waals surface area contributed by atoms with Crippen LogP contribution in [-0.2, 0) is 9.53 Å². The van der Waals surface area contributed by atoms with Crippen molar-refractivity contribution in [3.63, 3.8) is 0 Å². The lowest BCUT2D eigenvalue weighted by molar-refractivity contribution is -0.123. The van der Waals surface area contributed by atoms with Crippen molar-refractivity contribution in [1.29, 1.82) is 0 Å². The summed E-state index contributed by atoms with van der Waals surface area (Å²) >= 11 is 0. The van der Waals surface area contributed by atoms with Crippen LogP contribution < -0.4 is 21.1 Å². The molecule has 0 fully saturated rings. The molecule has 2 rings (SSSR count). The zero-order chi connectivity index (χ0) is 19.8. The molecule has 140 valence electrons. The van der Waals surface area contributed by atoms with E-state index in [9.17, 15) is 19.2 Å². The van der Waals surface area contributed by atoms with Gasteiger partial charge >= 0.3 is 12.0 Å². The Bertz CT molecular complexity index is 846. The third kappa shape index (κ3) is 5.85. The Labute approximate surface area is 154 Å². The summed E-state index contributed by atoms with van der Waals surface area (Å²) in [5, 5.41) is 4.48. The highest BCUT2D eigenvalue weighted by Crippen LogP contribution is 2.14.